The number of carbonyl (C=O) groups excluding carboxylic acids is 1. The molecule has 14 heavy (non-hydrogen) atoms. The summed E-state index contributed by atoms with van der Waals surface area (Å²) >= 11 is 0. The van der Waals surface area contributed by atoms with Crippen LogP contribution in [0.3, 0.4) is 0 Å². The number of carbonyl (C=O) groups is 1. The van der Waals surface area contributed by atoms with Crippen LogP contribution in [-0.2, 0) is 9.53 Å². The van der Waals surface area contributed by atoms with Crippen LogP contribution in [0.2, 0.25) is 0 Å². The van der Waals surface area contributed by atoms with Gasteiger partial charge in [-0.2, -0.15) is 0 Å². The molecule has 0 radical (unpaired) electrons. The quantitative estimate of drug-likeness (QED) is 0.403. The highest BCUT2D eigenvalue weighted by molar-refractivity contribution is 5.82. The zero-order valence-electron chi connectivity index (χ0n) is 8.88. The Morgan fingerprint density at radius 2 is 2.07 bits per heavy atom. The molecule has 0 saturated carbocycles. The van der Waals surface area contributed by atoms with E-state index >= 15 is 0 Å². The number of ether oxygens (including phenoxy) is 1. The minimum absolute atomic E-state index is 0.484. The number of aliphatic hydroxyl groups excluding tert-OH is 1. The van der Waals surface area contributed by atoms with E-state index in [0.717, 1.165) is 12.0 Å². The monoisotopic (exact) mass is 201 g/mol. The maximum Gasteiger partial charge on any atom is 0.332 e. The van der Waals surface area contributed by atoms with Crippen molar-refractivity contribution in [3.8, 4) is 0 Å². The highest BCUT2D eigenvalue weighted by Gasteiger charge is 1.95. The molecule has 2 N–H and O–H groups in total. The number of aliphatic hydroxyl groups is 1. The van der Waals surface area contributed by atoms with E-state index < -0.39 is 12.8 Å². The van der Waals surface area contributed by atoms with Crippen LogP contribution in [0.1, 0.15) is 26.7 Å². The standard InChI is InChI=1S/C7H12O3.C3H7N/c1-3-6(2)4-7(9)10-5-8;1-2-4-3-1/h4,8H,3,5H2,1-2H3;4H,1-3H2. The van der Waals surface area contributed by atoms with E-state index in [9.17, 15) is 4.79 Å². The van der Waals surface area contributed by atoms with E-state index in [1.54, 1.807) is 0 Å². The first-order chi connectivity index (χ1) is 6.70. The molecule has 1 saturated heterocycles. The third-order valence-electron chi connectivity index (χ3n) is 1.84. The topological polar surface area (TPSA) is 58.6 Å². The minimum Gasteiger partial charge on any atom is -0.436 e. The van der Waals surface area contributed by atoms with Gasteiger partial charge in [0, 0.05) is 6.08 Å². The summed E-state index contributed by atoms with van der Waals surface area (Å²) in [6.45, 7) is 5.73. The Kier molecular flexibility index (Phi) is 8.17. The third kappa shape index (κ3) is 7.76. The molecule has 1 aliphatic rings. The van der Waals surface area contributed by atoms with Crippen LogP contribution >= 0.6 is 0 Å². The molecule has 0 amide bonds. The van der Waals surface area contributed by atoms with E-state index in [4.69, 9.17) is 5.11 Å². The molecule has 0 unspecified atom stereocenters. The molecule has 1 heterocycles. The number of nitrogens with one attached hydrogen (secondary N) is 1. The maximum absolute atomic E-state index is 10.6. The van der Waals surface area contributed by atoms with Gasteiger partial charge in [0.25, 0.3) is 0 Å². The summed E-state index contributed by atoms with van der Waals surface area (Å²) in [5.41, 5.74) is 0.943. The molecular weight excluding hydrogens is 182 g/mol. The second-order valence-electron chi connectivity index (χ2n) is 3.04. The van der Waals surface area contributed by atoms with Crippen molar-refractivity contribution in [3.05, 3.63) is 11.6 Å². The highest BCUT2D eigenvalue weighted by atomic mass is 16.6. The molecule has 0 aromatic carbocycles. The molecule has 0 aromatic heterocycles. The lowest BCUT2D eigenvalue weighted by Gasteiger charge is -2.09. The Morgan fingerprint density at radius 3 is 2.36 bits per heavy atom. The minimum atomic E-state index is -0.549. The Bertz CT molecular complexity index is 182. The number of esters is 1. The van der Waals surface area contributed by atoms with Crippen LogP contribution in [0, 0.1) is 0 Å². The number of rotatable bonds is 3. The van der Waals surface area contributed by atoms with E-state index in [1.807, 2.05) is 13.8 Å². The van der Waals surface area contributed by atoms with Crippen molar-refractivity contribution >= 4 is 5.97 Å². The van der Waals surface area contributed by atoms with Crippen molar-refractivity contribution in [3.63, 3.8) is 0 Å². The molecule has 0 atom stereocenters. The highest BCUT2D eigenvalue weighted by Crippen LogP contribution is 1.97. The molecule has 0 aliphatic carbocycles. The van der Waals surface area contributed by atoms with Crippen LogP contribution in [0.4, 0.5) is 0 Å². The van der Waals surface area contributed by atoms with Gasteiger partial charge in [-0.05, 0) is 32.9 Å². The Labute approximate surface area is 85.0 Å². The average molecular weight is 201 g/mol. The van der Waals surface area contributed by atoms with Crippen LogP contribution < -0.4 is 5.32 Å². The molecule has 0 spiro atoms. The van der Waals surface area contributed by atoms with Gasteiger partial charge in [0.2, 0.25) is 0 Å². The Hall–Kier alpha value is -0.870. The van der Waals surface area contributed by atoms with E-state index in [1.165, 1.54) is 25.6 Å². The molecule has 1 fully saturated rings. The SMILES string of the molecule is C1CNC1.CCC(C)=CC(=O)OCO. The van der Waals surface area contributed by atoms with Gasteiger partial charge in [0.1, 0.15) is 0 Å². The Balaban J connectivity index is 0.000000344. The van der Waals surface area contributed by atoms with Crippen LogP contribution in [-0.4, -0.2) is 31.0 Å². The largest absolute Gasteiger partial charge is 0.436 e. The predicted octanol–water partition coefficient (Wildman–Crippen LogP) is 0.815. The fourth-order valence-corrected chi connectivity index (χ4v) is 0.585. The average Bonchev–Trinajstić information content (AvgIpc) is 2.01. The summed E-state index contributed by atoms with van der Waals surface area (Å²) in [7, 11) is 0. The van der Waals surface area contributed by atoms with Crippen molar-refractivity contribution in [2.45, 2.75) is 26.7 Å². The summed E-state index contributed by atoms with van der Waals surface area (Å²) in [5, 5.41) is 11.3. The molecule has 1 rings (SSSR count). The number of hydrogen-bond donors (Lipinski definition) is 2. The van der Waals surface area contributed by atoms with Gasteiger partial charge >= 0.3 is 5.97 Å². The molecular formula is C10H19NO3. The van der Waals surface area contributed by atoms with E-state index in [0.29, 0.717) is 0 Å². The lowest BCUT2D eigenvalue weighted by molar-refractivity contribution is -0.145. The lowest BCUT2D eigenvalue weighted by atomic mass is 10.2. The van der Waals surface area contributed by atoms with Gasteiger partial charge in [0.15, 0.2) is 6.79 Å². The maximum atomic E-state index is 10.6. The van der Waals surface area contributed by atoms with Gasteiger partial charge in [-0.3, -0.25) is 0 Å². The zero-order chi connectivity index (χ0) is 10.8. The predicted molar refractivity (Wildman–Crippen MR) is 54.7 cm³/mol. The van der Waals surface area contributed by atoms with Crippen LogP contribution in [0.25, 0.3) is 0 Å². The van der Waals surface area contributed by atoms with Crippen molar-refractivity contribution in [2.75, 3.05) is 19.9 Å². The second-order valence-corrected chi connectivity index (χ2v) is 3.04. The summed E-state index contributed by atoms with van der Waals surface area (Å²) in [6, 6.07) is 0. The van der Waals surface area contributed by atoms with Gasteiger partial charge < -0.3 is 15.2 Å². The Morgan fingerprint density at radius 1 is 1.57 bits per heavy atom. The molecule has 1 aliphatic heterocycles. The van der Waals surface area contributed by atoms with Gasteiger partial charge in [-0.15, -0.1) is 0 Å². The molecule has 0 aromatic rings. The molecule has 4 heteroatoms. The van der Waals surface area contributed by atoms with Crippen molar-refractivity contribution in [1.82, 2.24) is 5.32 Å². The number of allylic oxidation sites excluding steroid dienone is 1. The third-order valence-corrected chi connectivity index (χ3v) is 1.84. The molecule has 0 bridgehead atoms. The fraction of sp³-hybridized carbons (Fsp3) is 0.700. The summed E-state index contributed by atoms with van der Waals surface area (Å²) in [5.74, 6) is -0.484. The summed E-state index contributed by atoms with van der Waals surface area (Å²) in [6.07, 6.45) is 3.58. The number of hydrogen-bond acceptors (Lipinski definition) is 4. The van der Waals surface area contributed by atoms with Gasteiger partial charge in [0.05, 0.1) is 0 Å². The smallest absolute Gasteiger partial charge is 0.332 e. The fourth-order valence-electron chi connectivity index (χ4n) is 0.585. The van der Waals surface area contributed by atoms with Crippen LogP contribution in [0.15, 0.2) is 11.6 Å². The van der Waals surface area contributed by atoms with Gasteiger partial charge in [-0.25, -0.2) is 4.79 Å². The molecule has 82 valence electrons. The second kappa shape index (κ2) is 8.72. The lowest BCUT2D eigenvalue weighted by Crippen LogP contribution is -2.29. The van der Waals surface area contributed by atoms with Crippen molar-refractivity contribution < 1.29 is 14.6 Å². The van der Waals surface area contributed by atoms with Gasteiger partial charge in [-0.1, -0.05) is 12.5 Å². The first-order valence-corrected chi connectivity index (χ1v) is 4.86. The normalized spacial score (nSPS) is 14.9. The zero-order valence-corrected chi connectivity index (χ0v) is 8.88. The van der Waals surface area contributed by atoms with E-state index in [2.05, 4.69) is 10.1 Å². The molecule has 4 nitrogen and oxygen atoms in total. The van der Waals surface area contributed by atoms with E-state index in [-0.39, 0.29) is 0 Å². The summed E-state index contributed by atoms with van der Waals surface area (Å²) in [4.78, 5) is 10.6. The van der Waals surface area contributed by atoms with Crippen molar-refractivity contribution in [2.24, 2.45) is 0 Å². The summed E-state index contributed by atoms with van der Waals surface area (Å²) < 4.78 is 4.25. The van der Waals surface area contributed by atoms with Crippen LogP contribution in [0.5, 0.6) is 0 Å². The first kappa shape index (κ1) is 13.1. The first-order valence-electron chi connectivity index (χ1n) is 4.86. The van der Waals surface area contributed by atoms with Crippen molar-refractivity contribution in [1.29, 1.82) is 0 Å².